The summed E-state index contributed by atoms with van der Waals surface area (Å²) in [5.41, 5.74) is 5.39. The lowest BCUT2D eigenvalue weighted by Crippen LogP contribution is -2.30. The van der Waals surface area contributed by atoms with Crippen molar-refractivity contribution in [3.8, 4) is 0 Å². The Morgan fingerprint density at radius 3 is 2.37 bits per heavy atom. The molecule has 2 heterocycles. The Labute approximate surface area is 161 Å². The fourth-order valence-corrected chi connectivity index (χ4v) is 2.36. The van der Waals surface area contributed by atoms with Crippen LogP contribution < -0.4 is 16.2 Å². The molecule has 0 unspecified atom stereocenters. The molecule has 0 spiro atoms. The second-order valence-electron chi connectivity index (χ2n) is 5.12. The molecule has 0 fully saturated rings. The Morgan fingerprint density at radius 1 is 1.04 bits per heavy atom. The van der Waals surface area contributed by atoms with Gasteiger partial charge in [0.2, 0.25) is 11.6 Å². The molecule has 0 bridgehead atoms. The van der Waals surface area contributed by atoms with Crippen LogP contribution in [0.25, 0.3) is 0 Å². The van der Waals surface area contributed by atoms with Crippen molar-refractivity contribution in [2.45, 2.75) is 0 Å². The topological polar surface area (TPSA) is 135 Å². The molecule has 0 saturated heterocycles. The van der Waals surface area contributed by atoms with Crippen LogP contribution in [-0.4, -0.2) is 25.8 Å². The van der Waals surface area contributed by atoms with Crippen molar-refractivity contribution in [2.24, 2.45) is 0 Å². The highest BCUT2D eigenvalue weighted by Gasteiger charge is 2.23. The van der Waals surface area contributed by atoms with Crippen LogP contribution in [0.2, 0.25) is 0 Å². The predicted molar refractivity (Wildman–Crippen MR) is 101 cm³/mol. The van der Waals surface area contributed by atoms with Gasteiger partial charge in [-0.1, -0.05) is 15.9 Å². The maximum atomic E-state index is 12.2. The van der Waals surface area contributed by atoms with E-state index in [4.69, 9.17) is 0 Å². The molecule has 3 aromatic rings. The van der Waals surface area contributed by atoms with Gasteiger partial charge in [0.25, 0.3) is 5.91 Å². The van der Waals surface area contributed by atoms with E-state index in [0.717, 1.165) is 10.8 Å². The van der Waals surface area contributed by atoms with Gasteiger partial charge in [0, 0.05) is 28.1 Å². The molecule has 136 valence electrons. The van der Waals surface area contributed by atoms with E-state index in [1.807, 2.05) is 0 Å². The molecule has 10 nitrogen and oxygen atoms in total. The van der Waals surface area contributed by atoms with Crippen LogP contribution in [0.5, 0.6) is 0 Å². The molecule has 2 aromatic heterocycles. The molecule has 1 amide bonds. The highest BCUT2D eigenvalue weighted by atomic mass is 79.9. The monoisotopic (exact) mass is 429 g/mol. The van der Waals surface area contributed by atoms with Gasteiger partial charge < -0.3 is 5.32 Å². The summed E-state index contributed by atoms with van der Waals surface area (Å²) in [6.07, 6.45) is 4.21. The molecule has 3 N–H and O–H groups in total. The molecule has 1 aromatic carbocycles. The number of carbonyl (C=O) groups is 1. The van der Waals surface area contributed by atoms with E-state index >= 15 is 0 Å². The fraction of sp³-hybridized carbons (Fsp3) is 0. The number of amides is 1. The molecular formula is C16H12BrN7O3. The van der Waals surface area contributed by atoms with Gasteiger partial charge in [-0.15, -0.1) is 0 Å². The van der Waals surface area contributed by atoms with Gasteiger partial charge in [-0.05, 0) is 36.4 Å². The smallest absolute Gasteiger partial charge is 0.334 e. The van der Waals surface area contributed by atoms with Crippen molar-refractivity contribution in [2.75, 3.05) is 10.7 Å². The van der Waals surface area contributed by atoms with Crippen LogP contribution in [0.1, 0.15) is 10.4 Å². The Hall–Kier alpha value is -3.60. The van der Waals surface area contributed by atoms with Crippen LogP contribution in [0.3, 0.4) is 0 Å². The third-order valence-corrected chi connectivity index (χ3v) is 3.88. The minimum atomic E-state index is -0.641. The summed E-state index contributed by atoms with van der Waals surface area (Å²) < 4.78 is 0.824. The lowest BCUT2D eigenvalue weighted by atomic mass is 10.2. The van der Waals surface area contributed by atoms with Crippen molar-refractivity contribution in [1.82, 2.24) is 20.4 Å². The van der Waals surface area contributed by atoms with Gasteiger partial charge in [0.15, 0.2) is 0 Å². The van der Waals surface area contributed by atoms with E-state index < -0.39 is 16.5 Å². The first-order valence-electron chi connectivity index (χ1n) is 7.53. The van der Waals surface area contributed by atoms with E-state index in [0.29, 0.717) is 11.3 Å². The number of anilines is 3. The predicted octanol–water partition coefficient (Wildman–Crippen LogP) is 3.04. The number of rotatable bonds is 6. The summed E-state index contributed by atoms with van der Waals surface area (Å²) in [6.45, 7) is 0. The van der Waals surface area contributed by atoms with Crippen molar-refractivity contribution in [1.29, 1.82) is 0 Å². The van der Waals surface area contributed by atoms with E-state index in [2.05, 4.69) is 47.1 Å². The summed E-state index contributed by atoms with van der Waals surface area (Å²) in [4.78, 5) is 34.6. The standard InChI is InChI=1S/C16H12BrN7O3/c17-11-3-1-10(2-4-11)16(25)23-22-15-13(24(26)27)14(19-9-20-15)21-12-5-7-18-8-6-12/h1-9H,(H,23,25)(H2,18,19,20,21,22). The second kappa shape index (κ2) is 8.19. The Morgan fingerprint density at radius 2 is 1.70 bits per heavy atom. The molecule has 3 rings (SSSR count). The largest absolute Gasteiger partial charge is 0.355 e. The van der Waals surface area contributed by atoms with Gasteiger partial charge in [0.1, 0.15) is 6.33 Å². The highest BCUT2D eigenvalue weighted by Crippen LogP contribution is 2.30. The van der Waals surface area contributed by atoms with E-state index in [1.165, 1.54) is 12.4 Å². The summed E-state index contributed by atoms with van der Waals surface area (Å²) in [7, 11) is 0. The molecule has 0 atom stereocenters. The highest BCUT2D eigenvalue weighted by molar-refractivity contribution is 9.10. The third-order valence-electron chi connectivity index (χ3n) is 3.35. The van der Waals surface area contributed by atoms with Crippen LogP contribution in [0.4, 0.5) is 23.0 Å². The lowest BCUT2D eigenvalue weighted by Gasteiger charge is -2.11. The van der Waals surface area contributed by atoms with Crippen molar-refractivity contribution in [3.63, 3.8) is 0 Å². The molecule has 0 saturated carbocycles. The number of nitrogens with one attached hydrogen (secondary N) is 3. The first-order chi connectivity index (χ1) is 13.0. The Bertz CT molecular complexity index is 968. The van der Waals surface area contributed by atoms with Gasteiger partial charge in [0.05, 0.1) is 4.92 Å². The van der Waals surface area contributed by atoms with E-state index in [-0.39, 0.29) is 11.6 Å². The third kappa shape index (κ3) is 4.52. The maximum absolute atomic E-state index is 12.2. The lowest BCUT2D eigenvalue weighted by molar-refractivity contribution is -0.383. The number of hydrazine groups is 1. The van der Waals surface area contributed by atoms with Gasteiger partial charge >= 0.3 is 5.69 Å². The number of benzene rings is 1. The molecular weight excluding hydrogens is 418 g/mol. The minimum absolute atomic E-state index is 0.0263. The normalized spacial score (nSPS) is 10.1. The molecule has 0 aliphatic heterocycles. The summed E-state index contributed by atoms with van der Waals surface area (Å²) in [6, 6.07) is 9.89. The van der Waals surface area contributed by atoms with Crippen molar-refractivity contribution < 1.29 is 9.72 Å². The average molecular weight is 430 g/mol. The fourth-order valence-electron chi connectivity index (χ4n) is 2.10. The zero-order valence-corrected chi connectivity index (χ0v) is 15.2. The maximum Gasteiger partial charge on any atom is 0.355 e. The van der Waals surface area contributed by atoms with Gasteiger partial charge in [-0.2, -0.15) is 0 Å². The van der Waals surface area contributed by atoms with Crippen molar-refractivity contribution >= 4 is 44.8 Å². The number of carbonyl (C=O) groups excluding carboxylic acids is 1. The Balaban J connectivity index is 1.80. The van der Waals surface area contributed by atoms with E-state index in [9.17, 15) is 14.9 Å². The number of nitro groups is 1. The zero-order valence-electron chi connectivity index (χ0n) is 13.6. The van der Waals surface area contributed by atoms with Crippen LogP contribution >= 0.6 is 15.9 Å². The zero-order chi connectivity index (χ0) is 19.2. The first kappa shape index (κ1) is 18.2. The number of aromatic nitrogens is 3. The SMILES string of the molecule is O=C(NNc1ncnc(Nc2ccncc2)c1[N+](=O)[O-])c1ccc(Br)cc1. The minimum Gasteiger partial charge on any atom is -0.334 e. The summed E-state index contributed by atoms with van der Waals surface area (Å²) >= 11 is 3.28. The number of hydrogen-bond acceptors (Lipinski definition) is 8. The second-order valence-corrected chi connectivity index (χ2v) is 6.04. The molecule has 11 heteroatoms. The molecule has 0 aliphatic carbocycles. The summed E-state index contributed by atoms with van der Waals surface area (Å²) in [5, 5.41) is 14.3. The molecule has 27 heavy (non-hydrogen) atoms. The number of nitrogens with zero attached hydrogens (tertiary/aromatic N) is 4. The van der Waals surface area contributed by atoms with Gasteiger partial charge in [-0.25, -0.2) is 9.97 Å². The summed E-state index contributed by atoms with van der Waals surface area (Å²) in [5.74, 6) is -0.655. The van der Waals surface area contributed by atoms with Gasteiger partial charge in [-0.3, -0.25) is 30.7 Å². The van der Waals surface area contributed by atoms with Crippen LogP contribution in [0, 0.1) is 10.1 Å². The Kier molecular flexibility index (Phi) is 5.52. The average Bonchev–Trinajstić information content (AvgIpc) is 2.67. The quantitative estimate of drug-likeness (QED) is 0.401. The molecule has 0 radical (unpaired) electrons. The number of hydrogen-bond donors (Lipinski definition) is 3. The number of pyridine rings is 1. The van der Waals surface area contributed by atoms with Crippen molar-refractivity contribution in [3.05, 3.63) is 75.3 Å². The first-order valence-corrected chi connectivity index (χ1v) is 8.32. The van der Waals surface area contributed by atoms with Crippen LogP contribution in [-0.2, 0) is 0 Å². The number of halogens is 1. The molecule has 0 aliphatic rings. The van der Waals surface area contributed by atoms with E-state index in [1.54, 1.807) is 36.4 Å². The van der Waals surface area contributed by atoms with Crippen LogP contribution in [0.15, 0.2) is 59.6 Å².